The minimum Gasteiger partial charge on any atom is -0.432 e. The van der Waals surface area contributed by atoms with Crippen LogP contribution in [-0.4, -0.2) is 32.9 Å². The summed E-state index contributed by atoms with van der Waals surface area (Å²) in [5.74, 6) is -1.39. The van der Waals surface area contributed by atoms with E-state index in [1.807, 2.05) is 4.90 Å². The SMILES string of the molecule is Nc1cc(F)c(OC(F)F)cc1N1CCCOCC1. The van der Waals surface area contributed by atoms with Crippen molar-refractivity contribution in [3.63, 3.8) is 0 Å². The van der Waals surface area contributed by atoms with Crippen LogP contribution in [0.5, 0.6) is 5.75 Å². The van der Waals surface area contributed by atoms with Crippen LogP contribution in [0.4, 0.5) is 24.5 Å². The molecular formula is C12H15F3N2O2. The zero-order valence-electron chi connectivity index (χ0n) is 10.2. The Morgan fingerprint density at radius 2 is 2.05 bits per heavy atom. The molecule has 1 saturated heterocycles. The number of alkyl halides is 2. The summed E-state index contributed by atoms with van der Waals surface area (Å²) < 4.78 is 47.3. The number of nitrogens with two attached hydrogens (primary N) is 1. The van der Waals surface area contributed by atoms with Crippen LogP contribution in [0.1, 0.15) is 6.42 Å². The highest BCUT2D eigenvalue weighted by Gasteiger charge is 2.18. The van der Waals surface area contributed by atoms with E-state index in [0.717, 1.165) is 12.5 Å². The van der Waals surface area contributed by atoms with Crippen LogP contribution in [0.25, 0.3) is 0 Å². The molecule has 1 fully saturated rings. The van der Waals surface area contributed by atoms with Crippen molar-refractivity contribution in [2.45, 2.75) is 13.0 Å². The van der Waals surface area contributed by atoms with E-state index in [-0.39, 0.29) is 5.69 Å². The van der Waals surface area contributed by atoms with Crippen LogP contribution in [-0.2, 0) is 4.74 Å². The molecule has 0 saturated carbocycles. The predicted octanol–water partition coefficient (Wildman–Crippen LogP) is 2.24. The van der Waals surface area contributed by atoms with Gasteiger partial charge in [-0.2, -0.15) is 8.78 Å². The molecule has 4 nitrogen and oxygen atoms in total. The normalized spacial score (nSPS) is 16.5. The lowest BCUT2D eigenvalue weighted by Gasteiger charge is -2.24. The Morgan fingerprint density at radius 3 is 2.79 bits per heavy atom. The third-order valence-corrected chi connectivity index (χ3v) is 2.86. The number of benzene rings is 1. The minimum atomic E-state index is -3.07. The fraction of sp³-hybridized carbons (Fsp3) is 0.500. The number of anilines is 2. The van der Waals surface area contributed by atoms with Crippen molar-refractivity contribution in [3.05, 3.63) is 17.9 Å². The van der Waals surface area contributed by atoms with Gasteiger partial charge in [-0.05, 0) is 6.42 Å². The van der Waals surface area contributed by atoms with Crippen molar-refractivity contribution in [2.75, 3.05) is 36.9 Å². The van der Waals surface area contributed by atoms with Gasteiger partial charge in [0.2, 0.25) is 0 Å². The fourth-order valence-electron chi connectivity index (χ4n) is 2.01. The van der Waals surface area contributed by atoms with E-state index in [4.69, 9.17) is 10.5 Å². The first-order valence-electron chi connectivity index (χ1n) is 5.94. The molecule has 7 heteroatoms. The van der Waals surface area contributed by atoms with Gasteiger partial charge in [0.05, 0.1) is 18.0 Å². The Balaban J connectivity index is 2.27. The number of hydrogen-bond acceptors (Lipinski definition) is 4. The van der Waals surface area contributed by atoms with E-state index in [2.05, 4.69) is 4.74 Å². The van der Waals surface area contributed by atoms with Crippen LogP contribution >= 0.6 is 0 Å². The zero-order chi connectivity index (χ0) is 13.8. The molecule has 0 atom stereocenters. The largest absolute Gasteiger partial charge is 0.432 e. The van der Waals surface area contributed by atoms with Gasteiger partial charge < -0.3 is 20.1 Å². The van der Waals surface area contributed by atoms with Crippen LogP contribution in [0.2, 0.25) is 0 Å². The number of halogens is 3. The first kappa shape index (κ1) is 13.8. The van der Waals surface area contributed by atoms with Gasteiger partial charge in [-0.25, -0.2) is 4.39 Å². The molecule has 1 aliphatic rings. The summed E-state index contributed by atoms with van der Waals surface area (Å²) in [6.07, 6.45) is 0.794. The minimum absolute atomic E-state index is 0.195. The molecule has 1 aromatic carbocycles. The molecule has 0 radical (unpaired) electrons. The molecule has 0 spiro atoms. The third kappa shape index (κ3) is 3.44. The molecule has 1 heterocycles. The van der Waals surface area contributed by atoms with Crippen molar-refractivity contribution < 1.29 is 22.6 Å². The highest BCUT2D eigenvalue weighted by molar-refractivity contribution is 5.70. The number of hydrogen-bond donors (Lipinski definition) is 1. The maximum absolute atomic E-state index is 13.5. The second-order valence-corrected chi connectivity index (χ2v) is 4.17. The number of nitrogens with zero attached hydrogens (tertiary/aromatic N) is 1. The quantitative estimate of drug-likeness (QED) is 0.860. The number of nitrogen functional groups attached to an aromatic ring is 1. The molecule has 106 valence electrons. The van der Waals surface area contributed by atoms with Crippen molar-refractivity contribution in [1.29, 1.82) is 0 Å². The summed E-state index contributed by atoms with van der Waals surface area (Å²) in [4.78, 5) is 1.88. The Hall–Kier alpha value is -1.63. The second-order valence-electron chi connectivity index (χ2n) is 4.17. The van der Waals surface area contributed by atoms with Crippen molar-refractivity contribution >= 4 is 11.4 Å². The summed E-state index contributed by atoms with van der Waals surface area (Å²) in [5, 5.41) is 0. The van der Waals surface area contributed by atoms with Gasteiger partial charge in [0.1, 0.15) is 0 Å². The standard InChI is InChI=1S/C12H15F3N2O2/c13-8-6-9(16)10(7-11(8)19-12(14)15)17-2-1-4-18-5-3-17/h6-7,12H,1-5,16H2. The molecule has 1 aromatic rings. The van der Waals surface area contributed by atoms with Gasteiger partial charge in [0.25, 0.3) is 0 Å². The highest BCUT2D eigenvalue weighted by atomic mass is 19.3. The Morgan fingerprint density at radius 1 is 1.26 bits per heavy atom. The summed E-state index contributed by atoms with van der Waals surface area (Å²) in [5.41, 5.74) is 6.42. The van der Waals surface area contributed by atoms with E-state index < -0.39 is 18.2 Å². The summed E-state index contributed by atoms with van der Waals surface area (Å²) in [6.45, 7) is -0.674. The topological polar surface area (TPSA) is 47.7 Å². The van der Waals surface area contributed by atoms with E-state index in [1.54, 1.807) is 0 Å². The van der Waals surface area contributed by atoms with E-state index >= 15 is 0 Å². The molecule has 2 N–H and O–H groups in total. The molecule has 0 bridgehead atoms. The van der Waals surface area contributed by atoms with Crippen LogP contribution in [0.3, 0.4) is 0 Å². The van der Waals surface area contributed by atoms with E-state index in [1.165, 1.54) is 6.07 Å². The van der Waals surface area contributed by atoms with E-state index in [9.17, 15) is 13.2 Å². The smallest absolute Gasteiger partial charge is 0.387 e. The zero-order valence-corrected chi connectivity index (χ0v) is 10.2. The van der Waals surface area contributed by atoms with Gasteiger partial charge in [0.15, 0.2) is 11.6 Å². The summed E-state index contributed by atoms with van der Waals surface area (Å²) in [7, 11) is 0. The molecule has 19 heavy (non-hydrogen) atoms. The fourth-order valence-corrected chi connectivity index (χ4v) is 2.01. The predicted molar refractivity (Wildman–Crippen MR) is 65.1 cm³/mol. The molecule has 0 unspecified atom stereocenters. The van der Waals surface area contributed by atoms with Crippen LogP contribution in [0, 0.1) is 5.82 Å². The lowest BCUT2D eigenvalue weighted by molar-refractivity contribution is -0.0521. The highest BCUT2D eigenvalue weighted by Crippen LogP contribution is 2.32. The van der Waals surface area contributed by atoms with Gasteiger partial charge in [-0.1, -0.05) is 0 Å². The Bertz CT molecular complexity index is 435. The third-order valence-electron chi connectivity index (χ3n) is 2.86. The second kappa shape index (κ2) is 6.01. The first-order chi connectivity index (χ1) is 9.08. The van der Waals surface area contributed by atoms with E-state index in [0.29, 0.717) is 32.0 Å². The molecular weight excluding hydrogens is 261 g/mol. The molecule has 0 amide bonds. The summed E-state index contributed by atoms with van der Waals surface area (Å²) in [6, 6.07) is 2.21. The van der Waals surface area contributed by atoms with Crippen molar-refractivity contribution in [2.24, 2.45) is 0 Å². The van der Waals surface area contributed by atoms with Crippen molar-refractivity contribution in [1.82, 2.24) is 0 Å². The maximum Gasteiger partial charge on any atom is 0.387 e. The Labute approximate surface area is 108 Å². The lowest BCUT2D eigenvalue weighted by atomic mass is 10.2. The average Bonchev–Trinajstić information content (AvgIpc) is 2.61. The first-order valence-corrected chi connectivity index (χ1v) is 5.94. The number of ether oxygens (including phenoxy) is 2. The molecule has 2 rings (SSSR count). The lowest BCUT2D eigenvalue weighted by Crippen LogP contribution is -2.27. The van der Waals surface area contributed by atoms with Gasteiger partial charge in [-0.15, -0.1) is 0 Å². The summed E-state index contributed by atoms with van der Waals surface area (Å²) >= 11 is 0. The monoisotopic (exact) mass is 276 g/mol. The van der Waals surface area contributed by atoms with Gasteiger partial charge in [-0.3, -0.25) is 0 Å². The van der Waals surface area contributed by atoms with Crippen LogP contribution in [0.15, 0.2) is 12.1 Å². The van der Waals surface area contributed by atoms with Crippen molar-refractivity contribution in [3.8, 4) is 5.75 Å². The van der Waals surface area contributed by atoms with Gasteiger partial charge in [0, 0.05) is 31.8 Å². The molecule has 0 aromatic heterocycles. The van der Waals surface area contributed by atoms with Gasteiger partial charge >= 0.3 is 6.61 Å². The average molecular weight is 276 g/mol. The molecule has 0 aliphatic carbocycles. The van der Waals surface area contributed by atoms with Crippen LogP contribution < -0.4 is 15.4 Å². The number of rotatable bonds is 3. The maximum atomic E-state index is 13.5. The molecule has 1 aliphatic heterocycles. The Kier molecular flexibility index (Phi) is 4.36.